The van der Waals surface area contributed by atoms with Crippen molar-refractivity contribution >= 4 is 29.1 Å². The molecule has 162 valence electrons. The molecule has 1 amide bonds. The van der Waals surface area contributed by atoms with E-state index in [1.165, 1.54) is 0 Å². The quantitative estimate of drug-likeness (QED) is 0.558. The molecule has 10 nitrogen and oxygen atoms in total. The lowest BCUT2D eigenvalue weighted by atomic mass is 10.2. The van der Waals surface area contributed by atoms with E-state index < -0.39 is 0 Å². The molecule has 31 heavy (non-hydrogen) atoms. The predicted molar refractivity (Wildman–Crippen MR) is 117 cm³/mol. The Bertz CT molecular complexity index is 1210. The van der Waals surface area contributed by atoms with Gasteiger partial charge in [0.25, 0.3) is 5.56 Å². The fourth-order valence-electron chi connectivity index (χ4n) is 4.15. The van der Waals surface area contributed by atoms with Gasteiger partial charge in [0, 0.05) is 50.1 Å². The van der Waals surface area contributed by atoms with Crippen molar-refractivity contribution in [3.05, 3.63) is 40.1 Å². The van der Waals surface area contributed by atoms with E-state index in [-0.39, 0.29) is 17.5 Å². The maximum absolute atomic E-state index is 13.1. The van der Waals surface area contributed by atoms with Crippen molar-refractivity contribution in [2.45, 2.75) is 37.9 Å². The molecule has 5 rings (SSSR count). The molecule has 1 unspecified atom stereocenters. The average Bonchev–Trinajstić information content (AvgIpc) is 3.24. The highest BCUT2D eigenvalue weighted by Crippen LogP contribution is 2.32. The van der Waals surface area contributed by atoms with E-state index in [4.69, 9.17) is 0 Å². The minimum atomic E-state index is -0.132. The van der Waals surface area contributed by atoms with E-state index in [1.807, 2.05) is 24.0 Å². The van der Waals surface area contributed by atoms with E-state index in [2.05, 4.69) is 25.2 Å². The summed E-state index contributed by atoms with van der Waals surface area (Å²) in [5.41, 5.74) is 1.30. The van der Waals surface area contributed by atoms with Crippen LogP contribution in [0.3, 0.4) is 0 Å². The number of carbonyl (C=O) groups is 1. The number of amides is 1. The molecule has 0 bridgehead atoms. The van der Waals surface area contributed by atoms with Crippen LogP contribution in [-0.2, 0) is 4.79 Å². The van der Waals surface area contributed by atoms with Gasteiger partial charge < -0.3 is 9.80 Å². The van der Waals surface area contributed by atoms with Gasteiger partial charge in [-0.05, 0) is 32.4 Å². The zero-order valence-corrected chi connectivity index (χ0v) is 18.4. The summed E-state index contributed by atoms with van der Waals surface area (Å²) in [6.07, 6.45) is 2.81. The van der Waals surface area contributed by atoms with Crippen molar-refractivity contribution in [1.29, 1.82) is 0 Å². The molecular formula is C20H24N8O2S. The van der Waals surface area contributed by atoms with Crippen LogP contribution in [0.5, 0.6) is 0 Å². The molecule has 1 saturated heterocycles. The molecule has 1 fully saturated rings. The molecule has 0 aromatic carbocycles. The first kappa shape index (κ1) is 20.0. The summed E-state index contributed by atoms with van der Waals surface area (Å²) in [5, 5.41) is 13.5. The Morgan fingerprint density at radius 1 is 1.16 bits per heavy atom. The van der Waals surface area contributed by atoms with E-state index in [0.29, 0.717) is 42.5 Å². The lowest BCUT2D eigenvalue weighted by Crippen LogP contribution is -2.37. The largest absolute Gasteiger partial charge is 0.353 e. The minimum absolute atomic E-state index is 0.0411. The lowest BCUT2D eigenvalue weighted by molar-refractivity contribution is -0.131. The highest BCUT2D eigenvalue weighted by Gasteiger charge is 2.30. The van der Waals surface area contributed by atoms with Gasteiger partial charge >= 0.3 is 0 Å². The molecular weight excluding hydrogens is 416 g/mol. The number of hydrogen-bond donors (Lipinski definition) is 0. The molecule has 3 aromatic rings. The minimum Gasteiger partial charge on any atom is -0.353 e. The van der Waals surface area contributed by atoms with E-state index >= 15 is 0 Å². The zero-order chi connectivity index (χ0) is 21.5. The average molecular weight is 441 g/mol. The molecule has 3 aromatic heterocycles. The molecule has 0 aliphatic carbocycles. The van der Waals surface area contributed by atoms with Gasteiger partial charge in [0.15, 0.2) is 16.6 Å². The Balaban J connectivity index is 1.27. The Morgan fingerprint density at radius 3 is 2.90 bits per heavy atom. The van der Waals surface area contributed by atoms with Gasteiger partial charge in [-0.25, -0.2) is 4.98 Å². The first-order valence-electron chi connectivity index (χ1n) is 10.4. The van der Waals surface area contributed by atoms with Crippen molar-refractivity contribution < 1.29 is 4.79 Å². The fraction of sp³-hybridized carbons (Fsp3) is 0.500. The smallest absolute Gasteiger partial charge is 0.257 e. The van der Waals surface area contributed by atoms with Crippen LogP contribution in [0.4, 0.5) is 5.82 Å². The number of nitrogens with zero attached hydrogens (tertiary/aromatic N) is 8. The van der Waals surface area contributed by atoms with Crippen LogP contribution in [0.15, 0.2) is 28.3 Å². The lowest BCUT2D eigenvalue weighted by Gasteiger charge is -2.24. The van der Waals surface area contributed by atoms with Crippen molar-refractivity contribution in [1.82, 2.24) is 34.3 Å². The topological polar surface area (TPSA) is 102 Å². The standard InChI is InChI=1S/C20H24N8O2S/c1-13-11-21-20-27(19(13)30)15(12-31-20)10-18(29)26-7-3-6-25(8-9-26)17-5-4-16-23-22-14(2)28(16)24-17/h4-5,11,15H,3,6-10,12H2,1-2H3. The first-order valence-corrected chi connectivity index (χ1v) is 11.4. The van der Waals surface area contributed by atoms with Crippen LogP contribution < -0.4 is 10.5 Å². The Labute approximate surface area is 183 Å². The number of aromatic nitrogens is 6. The van der Waals surface area contributed by atoms with Gasteiger partial charge in [-0.2, -0.15) is 4.52 Å². The van der Waals surface area contributed by atoms with Crippen LogP contribution in [-0.4, -0.2) is 72.1 Å². The Kier molecular flexibility index (Phi) is 5.12. The monoisotopic (exact) mass is 440 g/mol. The van der Waals surface area contributed by atoms with E-state index in [1.54, 1.807) is 34.0 Å². The van der Waals surface area contributed by atoms with Gasteiger partial charge in [0.1, 0.15) is 5.82 Å². The van der Waals surface area contributed by atoms with Crippen LogP contribution in [0.2, 0.25) is 0 Å². The van der Waals surface area contributed by atoms with Crippen LogP contribution in [0, 0.1) is 13.8 Å². The maximum Gasteiger partial charge on any atom is 0.257 e. The summed E-state index contributed by atoms with van der Waals surface area (Å²) in [7, 11) is 0. The normalized spacial score (nSPS) is 19.0. The molecule has 2 aliphatic rings. The summed E-state index contributed by atoms with van der Waals surface area (Å²) in [6, 6.07) is 3.74. The van der Waals surface area contributed by atoms with Crippen LogP contribution in [0.25, 0.3) is 5.65 Å². The van der Waals surface area contributed by atoms with Gasteiger partial charge in [-0.1, -0.05) is 11.8 Å². The van der Waals surface area contributed by atoms with Crippen molar-refractivity contribution in [2.24, 2.45) is 0 Å². The summed E-state index contributed by atoms with van der Waals surface area (Å²) < 4.78 is 3.44. The molecule has 5 heterocycles. The van der Waals surface area contributed by atoms with E-state index in [9.17, 15) is 9.59 Å². The van der Waals surface area contributed by atoms with Gasteiger partial charge in [-0.15, -0.1) is 15.3 Å². The summed E-state index contributed by atoms with van der Waals surface area (Å²) >= 11 is 1.54. The number of carbonyl (C=O) groups excluding carboxylic acids is 1. The van der Waals surface area contributed by atoms with Crippen molar-refractivity contribution in [3.63, 3.8) is 0 Å². The third-order valence-electron chi connectivity index (χ3n) is 5.89. The van der Waals surface area contributed by atoms with Gasteiger partial charge in [0.05, 0.1) is 6.04 Å². The first-order chi connectivity index (χ1) is 15.0. The maximum atomic E-state index is 13.1. The Hall–Kier alpha value is -2.95. The number of aryl methyl sites for hydroxylation is 2. The summed E-state index contributed by atoms with van der Waals surface area (Å²) in [4.78, 5) is 34.1. The third kappa shape index (κ3) is 3.67. The molecule has 11 heteroatoms. The summed E-state index contributed by atoms with van der Waals surface area (Å²) in [5.74, 6) is 2.41. The molecule has 2 aliphatic heterocycles. The van der Waals surface area contributed by atoms with E-state index in [0.717, 1.165) is 30.3 Å². The fourth-order valence-corrected chi connectivity index (χ4v) is 5.26. The molecule has 0 spiro atoms. The number of fused-ring (bicyclic) bond motifs is 2. The second kappa shape index (κ2) is 7.95. The summed E-state index contributed by atoms with van der Waals surface area (Å²) in [6.45, 7) is 6.52. The zero-order valence-electron chi connectivity index (χ0n) is 17.6. The number of rotatable bonds is 3. The SMILES string of the molecule is Cc1cnc2n(c1=O)C(CC(=O)N1CCCN(c3ccc4nnc(C)n4n3)CC1)CS2. The highest BCUT2D eigenvalue weighted by molar-refractivity contribution is 7.99. The second-order valence-corrected chi connectivity index (χ2v) is 8.99. The predicted octanol–water partition coefficient (Wildman–Crippen LogP) is 1.07. The van der Waals surface area contributed by atoms with Gasteiger partial charge in [0.2, 0.25) is 5.91 Å². The molecule has 0 saturated carbocycles. The van der Waals surface area contributed by atoms with Crippen LogP contribution >= 0.6 is 11.8 Å². The molecule has 0 N–H and O–H groups in total. The van der Waals surface area contributed by atoms with Crippen LogP contribution in [0.1, 0.15) is 30.3 Å². The number of hydrogen-bond acceptors (Lipinski definition) is 8. The van der Waals surface area contributed by atoms with Gasteiger partial charge in [-0.3, -0.25) is 14.2 Å². The third-order valence-corrected chi connectivity index (χ3v) is 7.00. The number of anilines is 1. The van der Waals surface area contributed by atoms with Crippen molar-refractivity contribution in [3.8, 4) is 0 Å². The van der Waals surface area contributed by atoms with Crippen molar-refractivity contribution in [2.75, 3.05) is 36.8 Å². The molecule has 0 radical (unpaired) electrons. The second-order valence-electron chi connectivity index (χ2n) is 8.00. The Morgan fingerprint density at radius 2 is 2.03 bits per heavy atom. The highest BCUT2D eigenvalue weighted by atomic mass is 32.2. The number of thioether (sulfide) groups is 1. The molecule has 1 atom stereocenters.